The molecule has 33 heavy (non-hydrogen) atoms. The van der Waals surface area contributed by atoms with Gasteiger partial charge in [0, 0.05) is 37.6 Å². The fraction of sp³-hybridized carbons (Fsp3) is 0.0370. The largest absolute Gasteiger partial charge is 0.322 e. The molecule has 0 bridgehead atoms. The van der Waals surface area contributed by atoms with E-state index in [4.69, 9.17) is 0 Å². The first-order chi connectivity index (χ1) is 16.1. The third kappa shape index (κ3) is 6.57. The molecule has 4 aromatic rings. The molecular formula is C27H21BrN2O2S. The second-order valence-corrected chi connectivity index (χ2v) is 9.26. The van der Waals surface area contributed by atoms with E-state index in [1.807, 2.05) is 54.6 Å². The van der Waals surface area contributed by atoms with Crippen LogP contribution in [0.15, 0.2) is 112 Å². The Labute approximate surface area is 205 Å². The highest BCUT2D eigenvalue weighted by Crippen LogP contribution is 2.24. The molecule has 0 aliphatic rings. The van der Waals surface area contributed by atoms with E-state index in [0.717, 1.165) is 15.8 Å². The average molecular weight is 517 g/mol. The lowest BCUT2D eigenvalue weighted by molar-refractivity contribution is 0.101. The van der Waals surface area contributed by atoms with Gasteiger partial charge in [-0.05, 0) is 78.4 Å². The first kappa shape index (κ1) is 22.8. The van der Waals surface area contributed by atoms with Crippen molar-refractivity contribution in [1.29, 1.82) is 0 Å². The lowest BCUT2D eigenvalue weighted by Crippen LogP contribution is -2.13. The predicted octanol–water partition coefficient (Wildman–Crippen LogP) is 7.25. The van der Waals surface area contributed by atoms with Crippen molar-refractivity contribution >= 4 is 50.9 Å². The van der Waals surface area contributed by atoms with Gasteiger partial charge in [0.05, 0.1) is 0 Å². The van der Waals surface area contributed by atoms with Crippen molar-refractivity contribution in [2.75, 3.05) is 10.6 Å². The van der Waals surface area contributed by atoms with Gasteiger partial charge in [0.2, 0.25) is 0 Å². The second-order valence-electron chi connectivity index (χ2n) is 7.29. The smallest absolute Gasteiger partial charge is 0.255 e. The summed E-state index contributed by atoms with van der Waals surface area (Å²) in [6, 6.07) is 31.9. The van der Waals surface area contributed by atoms with Crippen LogP contribution in [0.1, 0.15) is 26.3 Å². The fourth-order valence-electron chi connectivity index (χ4n) is 3.08. The van der Waals surface area contributed by atoms with Gasteiger partial charge in [0.15, 0.2) is 0 Å². The highest BCUT2D eigenvalue weighted by Gasteiger charge is 2.08. The molecule has 2 amide bonds. The van der Waals surface area contributed by atoms with Crippen LogP contribution < -0.4 is 10.6 Å². The van der Waals surface area contributed by atoms with Crippen LogP contribution in [0, 0.1) is 0 Å². The zero-order chi connectivity index (χ0) is 23.0. The lowest BCUT2D eigenvalue weighted by Gasteiger charge is -2.09. The van der Waals surface area contributed by atoms with Crippen molar-refractivity contribution in [3.63, 3.8) is 0 Å². The number of hydrogen-bond donors (Lipinski definition) is 2. The van der Waals surface area contributed by atoms with Crippen LogP contribution in [-0.2, 0) is 5.75 Å². The van der Waals surface area contributed by atoms with Gasteiger partial charge >= 0.3 is 0 Å². The summed E-state index contributed by atoms with van der Waals surface area (Å²) in [5.41, 5.74) is 3.66. The summed E-state index contributed by atoms with van der Waals surface area (Å²) in [4.78, 5) is 26.0. The SMILES string of the molecule is O=C(Nc1ccc(NC(=O)c2ccc(CSc3ccc(Br)cc3)cc2)cc1)c1ccccc1. The van der Waals surface area contributed by atoms with Crippen LogP contribution in [-0.4, -0.2) is 11.8 Å². The van der Waals surface area contributed by atoms with Crippen molar-refractivity contribution in [3.8, 4) is 0 Å². The zero-order valence-corrected chi connectivity index (χ0v) is 20.0. The maximum absolute atomic E-state index is 12.6. The third-order valence-corrected chi connectivity index (χ3v) is 6.48. The molecule has 0 aliphatic carbocycles. The normalized spacial score (nSPS) is 10.5. The minimum Gasteiger partial charge on any atom is -0.322 e. The Morgan fingerprint density at radius 3 is 1.70 bits per heavy atom. The Balaban J connectivity index is 1.30. The number of hydrogen-bond acceptors (Lipinski definition) is 3. The monoisotopic (exact) mass is 516 g/mol. The minimum absolute atomic E-state index is 0.175. The molecule has 0 heterocycles. The van der Waals surface area contributed by atoms with Crippen LogP contribution in [0.5, 0.6) is 0 Å². The van der Waals surface area contributed by atoms with Crippen molar-refractivity contribution in [1.82, 2.24) is 0 Å². The Bertz CT molecular complexity index is 1230. The van der Waals surface area contributed by atoms with E-state index >= 15 is 0 Å². The first-order valence-corrected chi connectivity index (χ1v) is 12.1. The molecule has 0 fully saturated rings. The van der Waals surface area contributed by atoms with Crippen LogP contribution in [0.3, 0.4) is 0 Å². The average Bonchev–Trinajstić information content (AvgIpc) is 2.85. The predicted molar refractivity (Wildman–Crippen MR) is 139 cm³/mol. The van der Waals surface area contributed by atoms with Gasteiger partial charge in [-0.15, -0.1) is 11.8 Å². The lowest BCUT2D eigenvalue weighted by atomic mass is 10.1. The van der Waals surface area contributed by atoms with Crippen LogP contribution in [0.4, 0.5) is 11.4 Å². The summed E-state index contributed by atoms with van der Waals surface area (Å²) < 4.78 is 1.06. The van der Waals surface area contributed by atoms with E-state index in [1.54, 1.807) is 48.2 Å². The topological polar surface area (TPSA) is 58.2 Å². The van der Waals surface area contributed by atoms with Crippen molar-refractivity contribution in [2.45, 2.75) is 10.6 Å². The summed E-state index contributed by atoms with van der Waals surface area (Å²) in [7, 11) is 0. The zero-order valence-electron chi connectivity index (χ0n) is 17.6. The highest BCUT2D eigenvalue weighted by atomic mass is 79.9. The summed E-state index contributed by atoms with van der Waals surface area (Å²) in [5, 5.41) is 5.74. The van der Waals surface area contributed by atoms with Gasteiger partial charge in [-0.3, -0.25) is 9.59 Å². The molecular weight excluding hydrogens is 496 g/mol. The third-order valence-electron chi connectivity index (χ3n) is 4.87. The Morgan fingerprint density at radius 1 is 0.636 bits per heavy atom. The van der Waals surface area contributed by atoms with E-state index in [-0.39, 0.29) is 11.8 Å². The standard InChI is InChI=1S/C27H21BrN2O2S/c28-22-10-16-25(17-11-22)33-18-19-6-8-21(9-7-19)27(32)30-24-14-12-23(13-15-24)29-26(31)20-4-2-1-3-5-20/h1-17H,18H2,(H,29,31)(H,30,32). The summed E-state index contributed by atoms with van der Waals surface area (Å²) >= 11 is 5.20. The number of nitrogens with one attached hydrogen (secondary N) is 2. The number of amides is 2. The van der Waals surface area contributed by atoms with E-state index < -0.39 is 0 Å². The molecule has 0 aromatic heterocycles. The molecule has 0 saturated heterocycles. The fourth-order valence-corrected chi connectivity index (χ4v) is 4.20. The van der Waals surface area contributed by atoms with E-state index in [0.29, 0.717) is 22.5 Å². The molecule has 0 radical (unpaired) electrons. The molecule has 0 atom stereocenters. The summed E-state index contributed by atoms with van der Waals surface area (Å²) in [6.07, 6.45) is 0. The van der Waals surface area contributed by atoms with Crippen molar-refractivity contribution < 1.29 is 9.59 Å². The number of carbonyl (C=O) groups is 2. The molecule has 4 rings (SSSR count). The van der Waals surface area contributed by atoms with E-state index in [1.165, 1.54) is 4.90 Å². The van der Waals surface area contributed by atoms with Gasteiger partial charge in [-0.1, -0.05) is 46.3 Å². The first-order valence-electron chi connectivity index (χ1n) is 10.3. The van der Waals surface area contributed by atoms with Crippen molar-refractivity contribution in [3.05, 3.63) is 124 Å². The molecule has 0 aliphatic heterocycles. The Hall–Kier alpha value is -3.35. The molecule has 0 spiro atoms. The van der Waals surface area contributed by atoms with Gasteiger partial charge in [-0.2, -0.15) is 0 Å². The Kier molecular flexibility index (Phi) is 7.60. The number of carbonyl (C=O) groups excluding carboxylic acids is 2. The van der Waals surface area contributed by atoms with Crippen molar-refractivity contribution in [2.24, 2.45) is 0 Å². The molecule has 0 saturated carbocycles. The van der Waals surface area contributed by atoms with Crippen LogP contribution >= 0.6 is 27.7 Å². The highest BCUT2D eigenvalue weighted by molar-refractivity contribution is 9.10. The quantitative estimate of drug-likeness (QED) is 0.254. The van der Waals surface area contributed by atoms with E-state index in [9.17, 15) is 9.59 Å². The molecule has 4 nitrogen and oxygen atoms in total. The number of rotatable bonds is 7. The van der Waals surface area contributed by atoms with E-state index in [2.05, 4.69) is 38.7 Å². The maximum atomic E-state index is 12.6. The maximum Gasteiger partial charge on any atom is 0.255 e. The van der Waals surface area contributed by atoms with Gasteiger partial charge in [-0.25, -0.2) is 0 Å². The van der Waals surface area contributed by atoms with Gasteiger partial charge in [0.25, 0.3) is 11.8 Å². The Morgan fingerprint density at radius 2 is 1.15 bits per heavy atom. The minimum atomic E-state index is -0.178. The summed E-state index contributed by atoms with van der Waals surface area (Å²) in [6.45, 7) is 0. The molecule has 6 heteroatoms. The number of thioether (sulfide) groups is 1. The summed E-state index contributed by atoms with van der Waals surface area (Å²) in [5.74, 6) is 0.480. The molecule has 164 valence electrons. The number of benzene rings is 4. The number of halogens is 1. The van der Waals surface area contributed by atoms with Gasteiger partial charge < -0.3 is 10.6 Å². The molecule has 2 N–H and O–H groups in total. The number of anilines is 2. The van der Waals surface area contributed by atoms with Crippen LogP contribution in [0.2, 0.25) is 0 Å². The van der Waals surface area contributed by atoms with Gasteiger partial charge in [0.1, 0.15) is 0 Å². The molecule has 4 aromatic carbocycles. The van der Waals surface area contributed by atoms with Crippen LogP contribution in [0.25, 0.3) is 0 Å². The molecule has 0 unspecified atom stereocenters. The second kappa shape index (κ2) is 11.0.